The molecule has 0 bridgehead atoms. The van der Waals surface area contributed by atoms with Crippen molar-refractivity contribution in [2.24, 2.45) is 7.05 Å². The van der Waals surface area contributed by atoms with Crippen molar-refractivity contribution in [3.63, 3.8) is 0 Å². The molecule has 1 rings (SSSR count). The minimum atomic E-state index is -0.461. The summed E-state index contributed by atoms with van der Waals surface area (Å²) in [7, 11) is 3.51. The zero-order chi connectivity index (χ0) is 15.1. The van der Waals surface area contributed by atoms with E-state index in [0.29, 0.717) is 6.54 Å². The molecule has 2 amide bonds. The van der Waals surface area contributed by atoms with Crippen molar-refractivity contribution in [1.29, 1.82) is 0 Å². The molecule has 0 aliphatic rings. The average Bonchev–Trinajstić information content (AvgIpc) is 2.75. The van der Waals surface area contributed by atoms with E-state index in [1.54, 1.807) is 31.2 Å². The van der Waals surface area contributed by atoms with Crippen molar-refractivity contribution in [2.45, 2.75) is 32.4 Å². The van der Waals surface area contributed by atoms with Gasteiger partial charge in [0.05, 0.1) is 6.20 Å². The van der Waals surface area contributed by atoms with E-state index in [4.69, 9.17) is 0 Å². The van der Waals surface area contributed by atoms with E-state index in [1.165, 1.54) is 0 Å². The molecule has 3 N–H and O–H groups in total. The van der Waals surface area contributed by atoms with E-state index in [1.807, 2.05) is 13.8 Å². The van der Waals surface area contributed by atoms with Gasteiger partial charge in [-0.25, -0.2) is 0 Å². The highest BCUT2D eigenvalue weighted by molar-refractivity contribution is 5.85. The number of amides is 2. The molecular formula is C13H24ClN5O2. The number of carbonyl (C=O) groups is 2. The maximum absolute atomic E-state index is 12.0. The number of nitrogens with one attached hydrogen (secondary N) is 3. The molecule has 1 heterocycles. The second kappa shape index (κ2) is 9.36. The highest BCUT2D eigenvalue weighted by Crippen LogP contribution is 2.10. The number of hydrogen-bond donors (Lipinski definition) is 3. The number of aromatic nitrogens is 2. The van der Waals surface area contributed by atoms with E-state index in [2.05, 4.69) is 21.0 Å². The van der Waals surface area contributed by atoms with Crippen LogP contribution in [0.1, 0.15) is 31.9 Å². The van der Waals surface area contributed by atoms with Crippen LogP contribution >= 0.6 is 12.4 Å². The van der Waals surface area contributed by atoms with Gasteiger partial charge in [-0.3, -0.25) is 14.3 Å². The van der Waals surface area contributed by atoms with Crippen molar-refractivity contribution in [3.05, 3.63) is 18.0 Å². The zero-order valence-corrected chi connectivity index (χ0v) is 13.7. The first-order chi connectivity index (χ1) is 9.43. The van der Waals surface area contributed by atoms with Crippen LogP contribution < -0.4 is 16.0 Å². The fraction of sp³-hybridized carbons (Fsp3) is 0.615. The fourth-order valence-electron chi connectivity index (χ4n) is 1.83. The third-order valence-electron chi connectivity index (χ3n) is 2.71. The molecule has 1 unspecified atom stereocenters. The lowest BCUT2D eigenvalue weighted by atomic mass is 10.1. The molecule has 0 aliphatic heterocycles. The Balaban J connectivity index is 0.00000400. The molecule has 0 radical (unpaired) electrons. The summed E-state index contributed by atoms with van der Waals surface area (Å²) in [5, 5.41) is 12.5. The number of carbonyl (C=O) groups excluding carboxylic acids is 2. The van der Waals surface area contributed by atoms with Crippen LogP contribution in [0.3, 0.4) is 0 Å². The Bertz CT molecular complexity index is 461. The number of nitrogens with zero attached hydrogens (tertiary/aromatic N) is 2. The van der Waals surface area contributed by atoms with Crippen LogP contribution in [-0.4, -0.2) is 41.2 Å². The number of aryl methyl sites for hydroxylation is 1. The summed E-state index contributed by atoms with van der Waals surface area (Å²) >= 11 is 0. The number of halogens is 1. The largest absolute Gasteiger partial charge is 0.354 e. The van der Waals surface area contributed by atoms with Gasteiger partial charge in [-0.15, -0.1) is 12.4 Å². The van der Waals surface area contributed by atoms with Crippen molar-refractivity contribution < 1.29 is 9.59 Å². The van der Waals surface area contributed by atoms with Gasteiger partial charge in [0.25, 0.3) is 0 Å². The molecule has 1 atom stereocenters. The van der Waals surface area contributed by atoms with Crippen molar-refractivity contribution >= 4 is 24.2 Å². The summed E-state index contributed by atoms with van der Waals surface area (Å²) in [5.74, 6) is -0.236. The van der Waals surface area contributed by atoms with Crippen molar-refractivity contribution in [1.82, 2.24) is 25.7 Å². The van der Waals surface area contributed by atoms with Gasteiger partial charge in [0.2, 0.25) is 11.8 Å². The predicted molar refractivity (Wildman–Crippen MR) is 83.2 cm³/mol. The molecule has 21 heavy (non-hydrogen) atoms. The molecular weight excluding hydrogens is 294 g/mol. The maximum atomic E-state index is 12.0. The Labute approximate surface area is 131 Å². The lowest BCUT2D eigenvalue weighted by molar-refractivity contribution is -0.123. The topological polar surface area (TPSA) is 88.1 Å². The summed E-state index contributed by atoms with van der Waals surface area (Å²) in [6.07, 6.45) is 3.70. The molecule has 0 aromatic carbocycles. The highest BCUT2D eigenvalue weighted by Gasteiger charge is 2.19. The van der Waals surface area contributed by atoms with Gasteiger partial charge in [0.15, 0.2) is 0 Å². The second-order valence-corrected chi connectivity index (χ2v) is 4.93. The molecule has 0 spiro atoms. The normalized spacial score (nSPS) is 11.7. The first-order valence-corrected chi connectivity index (χ1v) is 6.67. The SMILES string of the molecule is CNC(C(=O)NCCC(=O)NC(C)C)c1cnn(C)c1.Cl. The summed E-state index contributed by atoms with van der Waals surface area (Å²) < 4.78 is 1.64. The van der Waals surface area contributed by atoms with Crippen LogP contribution in [0.25, 0.3) is 0 Å². The number of rotatable bonds is 7. The molecule has 120 valence electrons. The van der Waals surface area contributed by atoms with Gasteiger partial charge >= 0.3 is 0 Å². The third kappa shape index (κ3) is 6.59. The Hall–Kier alpha value is -1.60. The molecule has 0 aliphatic carbocycles. The molecule has 0 fully saturated rings. The smallest absolute Gasteiger partial charge is 0.241 e. The minimum Gasteiger partial charge on any atom is -0.354 e. The minimum absolute atomic E-state index is 0. The Morgan fingerprint density at radius 1 is 1.38 bits per heavy atom. The summed E-state index contributed by atoms with van der Waals surface area (Å²) in [6, 6.07) is -0.351. The van der Waals surface area contributed by atoms with Crippen LogP contribution in [0, 0.1) is 0 Å². The average molecular weight is 318 g/mol. The van der Waals surface area contributed by atoms with E-state index in [9.17, 15) is 9.59 Å². The van der Waals surface area contributed by atoms with Crippen LogP contribution in [0.15, 0.2) is 12.4 Å². The zero-order valence-electron chi connectivity index (χ0n) is 12.8. The van der Waals surface area contributed by atoms with Gasteiger partial charge in [-0.1, -0.05) is 0 Å². The van der Waals surface area contributed by atoms with E-state index < -0.39 is 6.04 Å². The molecule has 1 aromatic heterocycles. The standard InChI is InChI=1S/C13H23N5O2.ClH/c1-9(2)17-11(19)5-6-15-13(20)12(14-3)10-7-16-18(4)8-10;/h7-9,12,14H,5-6H2,1-4H3,(H,15,20)(H,17,19);1H. The van der Waals surface area contributed by atoms with Gasteiger partial charge in [-0.05, 0) is 20.9 Å². The van der Waals surface area contributed by atoms with Gasteiger partial charge in [-0.2, -0.15) is 5.10 Å². The van der Waals surface area contributed by atoms with E-state index >= 15 is 0 Å². The molecule has 7 nitrogen and oxygen atoms in total. The number of likely N-dealkylation sites (N-methyl/N-ethyl adjacent to an activating group) is 1. The summed E-state index contributed by atoms with van der Waals surface area (Å²) in [5.41, 5.74) is 0.791. The third-order valence-corrected chi connectivity index (χ3v) is 2.71. The highest BCUT2D eigenvalue weighted by atomic mass is 35.5. The van der Waals surface area contributed by atoms with Crippen molar-refractivity contribution in [2.75, 3.05) is 13.6 Å². The summed E-state index contributed by atoms with van der Waals surface area (Å²) in [4.78, 5) is 23.5. The Morgan fingerprint density at radius 3 is 2.52 bits per heavy atom. The van der Waals surface area contributed by atoms with Crippen LogP contribution in [0.5, 0.6) is 0 Å². The predicted octanol–water partition coefficient (Wildman–Crippen LogP) is 0.133. The quantitative estimate of drug-likeness (QED) is 0.667. The van der Waals surface area contributed by atoms with E-state index in [0.717, 1.165) is 5.56 Å². The summed E-state index contributed by atoms with van der Waals surface area (Å²) in [6.45, 7) is 4.11. The van der Waals surface area contributed by atoms with Gasteiger partial charge in [0, 0.05) is 37.8 Å². The van der Waals surface area contributed by atoms with Crippen LogP contribution in [-0.2, 0) is 16.6 Å². The van der Waals surface area contributed by atoms with Gasteiger partial charge in [0.1, 0.15) is 6.04 Å². The van der Waals surface area contributed by atoms with Crippen LogP contribution in [0.4, 0.5) is 0 Å². The van der Waals surface area contributed by atoms with E-state index in [-0.39, 0.29) is 36.7 Å². The van der Waals surface area contributed by atoms with Crippen LogP contribution in [0.2, 0.25) is 0 Å². The lowest BCUT2D eigenvalue weighted by Gasteiger charge is -2.14. The fourth-order valence-corrected chi connectivity index (χ4v) is 1.83. The molecule has 1 aromatic rings. The Kier molecular flexibility index (Phi) is 8.64. The van der Waals surface area contributed by atoms with Gasteiger partial charge < -0.3 is 16.0 Å². The number of hydrogen-bond acceptors (Lipinski definition) is 4. The molecule has 8 heteroatoms. The molecule has 0 saturated heterocycles. The first kappa shape index (κ1) is 19.4. The second-order valence-electron chi connectivity index (χ2n) is 4.93. The molecule has 0 saturated carbocycles. The first-order valence-electron chi connectivity index (χ1n) is 6.67. The maximum Gasteiger partial charge on any atom is 0.241 e. The monoisotopic (exact) mass is 317 g/mol. The lowest BCUT2D eigenvalue weighted by Crippen LogP contribution is -2.38. The Morgan fingerprint density at radius 2 is 2.05 bits per heavy atom. The van der Waals surface area contributed by atoms with Crippen molar-refractivity contribution in [3.8, 4) is 0 Å².